The zero-order valence-corrected chi connectivity index (χ0v) is 24.8. The number of aromatic amines is 1. The average molecular weight is 628 g/mol. The number of nitrogens with zero attached hydrogens (tertiary/aromatic N) is 9. The summed E-state index contributed by atoms with van der Waals surface area (Å²) in [5.41, 5.74) is 3.41. The number of carbonyl (C=O) groups excluding carboxylic acids is 2. The molecule has 0 radical (unpaired) electrons. The summed E-state index contributed by atoms with van der Waals surface area (Å²) in [5.74, 6) is -0.279. The van der Waals surface area contributed by atoms with Crippen molar-refractivity contribution in [3.8, 4) is 23.0 Å². The Bertz CT molecular complexity index is 1860. The van der Waals surface area contributed by atoms with Crippen molar-refractivity contribution in [1.29, 1.82) is 5.26 Å². The van der Waals surface area contributed by atoms with E-state index in [1.165, 1.54) is 28.2 Å². The second-order valence-corrected chi connectivity index (χ2v) is 10.3. The van der Waals surface area contributed by atoms with Gasteiger partial charge in [0.05, 0.1) is 47.9 Å². The number of nitrogens with one attached hydrogen (secondary N) is 2. The Morgan fingerprint density at radius 1 is 1.16 bits per heavy atom. The molecule has 1 atom stereocenters. The zero-order valence-electron chi connectivity index (χ0n) is 23.3. The van der Waals surface area contributed by atoms with Gasteiger partial charge < -0.3 is 10.3 Å². The molecule has 0 aliphatic rings. The number of imidazole rings is 1. The standard InChI is InChI=1S/C29H23Cl2N11O2/c1-17-14-34-24(15-33-17)41(2)26(44)12-22(29-37-27(28(31)38-29)19-5-3-18(13-32)4-6-19)36-25(43)10-7-20-11-21(30)8-9-23(20)42-16-35-39-40-42/h3-11,14-16,22H,12H2,1-2H3,(H,36,43)(H,37,38)/t22-/m0/s1. The van der Waals surface area contributed by atoms with Crippen LogP contribution in [0.25, 0.3) is 23.0 Å². The van der Waals surface area contributed by atoms with E-state index in [0.717, 1.165) is 0 Å². The Morgan fingerprint density at radius 3 is 2.64 bits per heavy atom. The number of anilines is 1. The summed E-state index contributed by atoms with van der Waals surface area (Å²) < 4.78 is 1.44. The highest BCUT2D eigenvalue weighted by Gasteiger charge is 2.25. The number of amides is 2. The minimum atomic E-state index is -0.913. The topological polar surface area (TPSA) is 171 Å². The van der Waals surface area contributed by atoms with Crippen molar-refractivity contribution in [3.63, 3.8) is 0 Å². The van der Waals surface area contributed by atoms with Crippen LogP contribution in [-0.4, -0.2) is 59.0 Å². The highest BCUT2D eigenvalue weighted by molar-refractivity contribution is 6.32. The predicted molar refractivity (Wildman–Crippen MR) is 163 cm³/mol. The minimum absolute atomic E-state index is 0.185. The molecule has 5 aromatic rings. The molecule has 0 fully saturated rings. The number of halogens is 2. The lowest BCUT2D eigenvalue weighted by Gasteiger charge is -2.20. The summed E-state index contributed by atoms with van der Waals surface area (Å²) in [6.07, 6.45) is 7.14. The van der Waals surface area contributed by atoms with Crippen LogP contribution < -0.4 is 10.2 Å². The molecule has 5 rings (SSSR count). The zero-order chi connectivity index (χ0) is 31.2. The van der Waals surface area contributed by atoms with Crippen LogP contribution in [0.1, 0.15) is 35.1 Å². The molecule has 0 spiro atoms. The van der Waals surface area contributed by atoms with Gasteiger partial charge in [-0.1, -0.05) is 35.3 Å². The molecule has 0 saturated carbocycles. The van der Waals surface area contributed by atoms with Crippen molar-refractivity contribution in [1.82, 2.24) is 45.5 Å². The Balaban J connectivity index is 1.43. The maximum absolute atomic E-state index is 13.4. The van der Waals surface area contributed by atoms with Crippen LogP contribution in [0.4, 0.5) is 5.82 Å². The van der Waals surface area contributed by atoms with Gasteiger partial charge in [-0.3, -0.25) is 19.5 Å². The Hall–Kier alpha value is -5.45. The number of nitriles is 1. The van der Waals surface area contributed by atoms with E-state index in [-0.39, 0.29) is 23.3 Å². The molecule has 13 nitrogen and oxygen atoms in total. The largest absolute Gasteiger partial charge is 0.342 e. The third-order valence-corrected chi connectivity index (χ3v) is 6.98. The lowest BCUT2D eigenvalue weighted by Crippen LogP contribution is -2.35. The van der Waals surface area contributed by atoms with Crippen LogP contribution in [0.5, 0.6) is 0 Å². The molecule has 0 saturated heterocycles. The fourth-order valence-electron chi connectivity index (χ4n) is 4.17. The fourth-order valence-corrected chi connectivity index (χ4v) is 4.60. The van der Waals surface area contributed by atoms with Gasteiger partial charge in [-0.2, -0.15) is 9.94 Å². The van der Waals surface area contributed by atoms with Gasteiger partial charge in [-0.15, -0.1) is 5.10 Å². The normalized spacial score (nSPS) is 11.7. The summed E-state index contributed by atoms with van der Waals surface area (Å²) in [5, 5.41) is 23.8. The van der Waals surface area contributed by atoms with Gasteiger partial charge in [-0.25, -0.2) is 9.97 Å². The first kappa shape index (κ1) is 30.0. The fraction of sp³-hybridized carbons (Fsp3) is 0.138. The monoisotopic (exact) mass is 627 g/mol. The van der Waals surface area contributed by atoms with Crippen LogP contribution in [0, 0.1) is 18.3 Å². The number of hydrogen-bond donors (Lipinski definition) is 2. The Kier molecular flexibility index (Phi) is 9.03. The number of aryl methyl sites for hydroxylation is 1. The predicted octanol–water partition coefficient (Wildman–Crippen LogP) is 4.25. The van der Waals surface area contributed by atoms with Crippen LogP contribution in [0.2, 0.25) is 10.2 Å². The average Bonchev–Trinajstić information content (AvgIpc) is 3.70. The first-order valence-electron chi connectivity index (χ1n) is 13.0. The molecule has 2 amide bonds. The molecule has 2 N–H and O–H groups in total. The lowest BCUT2D eigenvalue weighted by atomic mass is 10.1. The highest BCUT2D eigenvalue weighted by Crippen LogP contribution is 2.29. The van der Waals surface area contributed by atoms with Gasteiger partial charge in [0.1, 0.15) is 23.0 Å². The van der Waals surface area contributed by atoms with E-state index in [1.54, 1.807) is 68.7 Å². The van der Waals surface area contributed by atoms with Gasteiger partial charge in [0.2, 0.25) is 11.8 Å². The summed E-state index contributed by atoms with van der Waals surface area (Å²) in [6, 6.07) is 12.9. The molecule has 2 aromatic carbocycles. The van der Waals surface area contributed by atoms with Gasteiger partial charge in [0.25, 0.3) is 0 Å². The summed E-state index contributed by atoms with van der Waals surface area (Å²) in [6.45, 7) is 1.79. The number of tetrazole rings is 1. The van der Waals surface area contributed by atoms with E-state index in [0.29, 0.717) is 44.6 Å². The summed E-state index contributed by atoms with van der Waals surface area (Å²) >= 11 is 12.7. The van der Waals surface area contributed by atoms with Crippen molar-refractivity contribution >= 4 is 46.9 Å². The number of carbonyl (C=O) groups is 2. The van der Waals surface area contributed by atoms with Crippen molar-refractivity contribution in [2.45, 2.75) is 19.4 Å². The molecule has 3 heterocycles. The third-order valence-electron chi connectivity index (χ3n) is 6.48. The second-order valence-electron chi connectivity index (χ2n) is 9.50. The Labute approximate surface area is 261 Å². The molecule has 3 aromatic heterocycles. The smallest absolute Gasteiger partial charge is 0.244 e. The lowest BCUT2D eigenvalue weighted by molar-refractivity contribution is -0.120. The van der Waals surface area contributed by atoms with E-state index in [9.17, 15) is 9.59 Å². The molecule has 44 heavy (non-hydrogen) atoms. The number of benzene rings is 2. The molecule has 0 aliphatic heterocycles. The maximum atomic E-state index is 13.4. The van der Waals surface area contributed by atoms with Crippen LogP contribution in [-0.2, 0) is 9.59 Å². The van der Waals surface area contributed by atoms with E-state index in [2.05, 4.69) is 46.8 Å². The van der Waals surface area contributed by atoms with Crippen LogP contribution >= 0.6 is 23.2 Å². The molecule has 220 valence electrons. The first-order chi connectivity index (χ1) is 21.2. The SMILES string of the molecule is Cc1cnc(N(C)C(=O)C[C@H](NC(=O)C=Cc2cc(Cl)ccc2-n2cnnn2)c2nc(-c3ccc(C#N)cc3)c(Cl)[nH]2)cn1. The van der Waals surface area contributed by atoms with Crippen LogP contribution in [0.15, 0.2) is 67.3 Å². The van der Waals surface area contributed by atoms with Crippen molar-refractivity contribution in [3.05, 3.63) is 100 Å². The second kappa shape index (κ2) is 13.2. The van der Waals surface area contributed by atoms with E-state index in [4.69, 9.17) is 28.5 Å². The van der Waals surface area contributed by atoms with E-state index in [1.807, 2.05) is 0 Å². The highest BCUT2D eigenvalue weighted by atomic mass is 35.5. The van der Waals surface area contributed by atoms with Gasteiger partial charge >= 0.3 is 0 Å². The summed E-state index contributed by atoms with van der Waals surface area (Å²) in [7, 11) is 1.57. The number of aromatic nitrogens is 8. The summed E-state index contributed by atoms with van der Waals surface area (Å²) in [4.78, 5) is 44.0. The number of hydrogen-bond acceptors (Lipinski definition) is 9. The van der Waals surface area contributed by atoms with Crippen molar-refractivity contribution in [2.75, 3.05) is 11.9 Å². The van der Waals surface area contributed by atoms with E-state index < -0.39 is 11.9 Å². The third kappa shape index (κ3) is 6.95. The van der Waals surface area contributed by atoms with Gasteiger partial charge in [0.15, 0.2) is 5.82 Å². The quantitative estimate of drug-likeness (QED) is 0.226. The van der Waals surface area contributed by atoms with Gasteiger partial charge in [0, 0.05) is 29.3 Å². The van der Waals surface area contributed by atoms with Crippen molar-refractivity contribution in [2.24, 2.45) is 0 Å². The van der Waals surface area contributed by atoms with Crippen LogP contribution in [0.3, 0.4) is 0 Å². The molecular formula is C29H23Cl2N11O2. The minimum Gasteiger partial charge on any atom is -0.342 e. The maximum Gasteiger partial charge on any atom is 0.244 e. The molecule has 0 aliphatic carbocycles. The Morgan fingerprint density at radius 2 is 1.95 bits per heavy atom. The molecule has 15 heteroatoms. The molecule has 0 unspecified atom stereocenters. The molecule has 0 bridgehead atoms. The van der Waals surface area contributed by atoms with E-state index >= 15 is 0 Å². The number of rotatable bonds is 9. The van der Waals surface area contributed by atoms with Crippen molar-refractivity contribution < 1.29 is 9.59 Å². The molecular weight excluding hydrogens is 605 g/mol. The first-order valence-corrected chi connectivity index (χ1v) is 13.8. The number of H-pyrrole nitrogens is 1. The van der Waals surface area contributed by atoms with Gasteiger partial charge in [-0.05, 0) is 53.8 Å².